The first kappa shape index (κ1) is 17.5. The molecule has 0 aliphatic heterocycles. The quantitative estimate of drug-likeness (QED) is 0.928. The molecular weight excluding hydrogens is 288 g/mol. The monoisotopic (exact) mass is 310 g/mol. The first-order valence-corrected chi connectivity index (χ1v) is 7.33. The molecule has 1 rings (SSSR count). The molecule has 0 saturated heterocycles. The molecule has 0 bridgehead atoms. The van der Waals surface area contributed by atoms with Crippen LogP contribution in [0, 0.1) is 12.3 Å². The summed E-state index contributed by atoms with van der Waals surface area (Å²) >= 11 is 6.00. The average Bonchev–Trinajstić information content (AvgIpc) is 2.36. The Labute approximate surface area is 131 Å². The van der Waals surface area contributed by atoms with E-state index in [9.17, 15) is 9.59 Å². The third-order valence-corrected chi connectivity index (χ3v) is 3.38. The second kappa shape index (κ2) is 6.94. The number of anilines is 1. The number of nitrogens with one attached hydrogen (secondary N) is 1. The Hall–Kier alpha value is -1.55. The van der Waals surface area contributed by atoms with Crippen LogP contribution in [-0.4, -0.2) is 24.9 Å². The fourth-order valence-corrected chi connectivity index (χ4v) is 2.03. The Kier molecular flexibility index (Phi) is 5.78. The second-order valence-electron chi connectivity index (χ2n) is 6.11. The number of halogens is 1. The summed E-state index contributed by atoms with van der Waals surface area (Å²) < 4.78 is 0. The van der Waals surface area contributed by atoms with E-state index in [1.807, 2.05) is 33.8 Å². The first-order valence-electron chi connectivity index (χ1n) is 6.95. The largest absolute Gasteiger partial charge is 0.354 e. The maximum absolute atomic E-state index is 11.9. The van der Waals surface area contributed by atoms with E-state index >= 15 is 0 Å². The van der Waals surface area contributed by atoms with E-state index in [1.54, 1.807) is 17.0 Å². The van der Waals surface area contributed by atoms with Gasteiger partial charge in [0.05, 0.1) is 0 Å². The lowest BCUT2D eigenvalue weighted by atomic mass is 9.96. The molecule has 0 radical (unpaired) electrons. The molecule has 0 unspecified atom stereocenters. The molecule has 1 aromatic rings. The van der Waals surface area contributed by atoms with E-state index in [2.05, 4.69) is 5.32 Å². The molecule has 0 saturated carbocycles. The Bertz CT molecular complexity index is 536. The lowest BCUT2D eigenvalue weighted by molar-refractivity contribution is -0.128. The van der Waals surface area contributed by atoms with Gasteiger partial charge in [0.2, 0.25) is 11.8 Å². The van der Waals surface area contributed by atoms with Crippen LogP contribution >= 0.6 is 11.6 Å². The van der Waals surface area contributed by atoms with Gasteiger partial charge in [-0.05, 0) is 24.6 Å². The fourth-order valence-electron chi connectivity index (χ4n) is 1.87. The van der Waals surface area contributed by atoms with Gasteiger partial charge < -0.3 is 10.2 Å². The Balaban J connectivity index is 2.78. The Morgan fingerprint density at radius 2 is 1.90 bits per heavy atom. The molecule has 116 valence electrons. The molecule has 0 atom stereocenters. The Morgan fingerprint density at radius 3 is 2.43 bits per heavy atom. The molecule has 0 aromatic heterocycles. The molecule has 2 amide bonds. The molecule has 21 heavy (non-hydrogen) atoms. The summed E-state index contributed by atoms with van der Waals surface area (Å²) in [5, 5.41) is 3.43. The minimum atomic E-state index is -0.437. The topological polar surface area (TPSA) is 49.4 Å². The first-order chi connectivity index (χ1) is 9.62. The van der Waals surface area contributed by atoms with Crippen LogP contribution in [0.2, 0.25) is 5.02 Å². The molecule has 1 N–H and O–H groups in total. The van der Waals surface area contributed by atoms with Crippen LogP contribution < -0.4 is 10.2 Å². The van der Waals surface area contributed by atoms with Crippen molar-refractivity contribution < 1.29 is 9.59 Å². The molecule has 0 aliphatic carbocycles. The van der Waals surface area contributed by atoms with Gasteiger partial charge in [0.25, 0.3) is 0 Å². The number of hydrogen-bond acceptors (Lipinski definition) is 2. The number of carbonyl (C=O) groups excluding carboxylic acids is 2. The summed E-state index contributed by atoms with van der Waals surface area (Å²) in [4.78, 5) is 25.3. The fraction of sp³-hybridized carbons (Fsp3) is 0.500. The van der Waals surface area contributed by atoms with Gasteiger partial charge in [-0.15, -0.1) is 0 Å². The van der Waals surface area contributed by atoms with Crippen molar-refractivity contribution >= 4 is 29.1 Å². The van der Waals surface area contributed by atoms with Crippen LogP contribution in [-0.2, 0) is 9.59 Å². The maximum atomic E-state index is 11.9. The lowest BCUT2D eigenvalue weighted by Crippen LogP contribution is -2.41. The maximum Gasteiger partial charge on any atom is 0.225 e. The van der Waals surface area contributed by atoms with E-state index in [-0.39, 0.29) is 11.8 Å². The zero-order valence-electron chi connectivity index (χ0n) is 13.3. The average molecular weight is 311 g/mol. The van der Waals surface area contributed by atoms with Crippen molar-refractivity contribution in [3.8, 4) is 0 Å². The van der Waals surface area contributed by atoms with Gasteiger partial charge in [-0.3, -0.25) is 9.59 Å². The minimum absolute atomic E-state index is 0.0335. The van der Waals surface area contributed by atoms with Crippen molar-refractivity contribution in [3.63, 3.8) is 0 Å². The van der Waals surface area contributed by atoms with Gasteiger partial charge in [0.15, 0.2) is 0 Å². The molecule has 0 aliphatic rings. The van der Waals surface area contributed by atoms with Crippen molar-refractivity contribution in [2.45, 2.75) is 34.6 Å². The predicted octanol–water partition coefficient (Wildman–Crippen LogP) is 3.16. The standard InChI is InChI=1S/C16H23ClN2O2/c1-11-6-7-13(17)10-14(11)19(12(2)20)9-8-18-15(21)16(3,4)5/h6-7,10H,8-9H2,1-5H3,(H,18,21). The van der Waals surface area contributed by atoms with E-state index in [1.165, 1.54) is 6.92 Å². The van der Waals surface area contributed by atoms with Gasteiger partial charge in [-0.1, -0.05) is 38.4 Å². The van der Waals surface area contributed by atoms with Crippen molar-refractivity contribution in [2.75, 3.05) is 18.0 Å². The SMILES string of the molecule is CC(=O)N(CCNC(=O)C(C)(C)C)c1cc(Cl)ccc1C. The number of amides is 2. The van der Waals surface area contributed by atoms with E-state index in [4.69, 9.17) is 11.6 Å². The van der Waals surface area contributed by atoms with Gasteiger partial charge in [0.1, 0.15) is 0 Å². The van der Waals surface area contributed by atoms with E-state index in [0.29, 0.717) is 18.1 Å². The van der Waals surface area contributed by atoms with Crippen LogP contribution in [0.1, 0.15) is 33.3 Å². The van der Waals surface area contributed by atoms with E-state index in [0.717, 1.165) is 11.3 Å². The molecule has 5 heteroatoms. The van der Waals surface area contributed by atoms with Crippen LogP contribution in [0.15, 0.2) is 18.2 Å². The molecule has 1 aromatic carbocycles. The number of carbonyl (C=O) groups is 2. The van der Waals surface area contributed by atoms with Gasteiger partial charge in [0, 0.05) is 36.1 Å². The van der Waals surface area contributed by atoms with Crippen molar-refractivity contribution in [1.29, 1.82) is 0 Å². The number of rotatable bonds is 4. The number of nitrogens with zero attached hydrogens (tertiary/aromatic N) is 1. The second-order valence-corrected chi connectivity index (χ2v) is 6.54. The molecule has 0 heterocycles. The molecule has 0 spiro atoms. The van der Waals surface area contributed by atoms with Crippen LogP contribution in [0.3, 0.4) is 0 Å². The van der Waals surface area contributed by atoms with Crippen molar-refractivity contribution in [3.05, 3.63) is 28.8 Å². The summed E-state index contributed by atoms with van der Waals surface area (Å²) in [6, 6.07) is 5.44. The van der Waals surface area contributed by atoms with Crippen molar-refractivity contribution in [2.24, 2.45) is 5.41 Å². The smallest absolute Gasteiger partial charge is 0.225 e. The van der Waals surface area contributed by atoms with Gasteiger partial charge in [-0.2, -0.15) is 0 Å². The molecule has 0 fully saturated rings. The zero-order valence-corrected chi connectivity index (χ0v) is 14.0. The van der Waals surface area contributed by atoms with Gasteiger partial charge in [-0.25, -0.2) is 0 Å². The minimum Gasteiger partial charge on any atom is -0.354 e. The summed E-state index contributed by atoms with van der Waals surface area (Å²) in [5.41, 5.74) is 1.31. The highest BCUT2D eigenvalue weighted by Crippen LogP contribution is 2.24. The summed E-state index contributed by atoms with van der Waals surface area (Å²) in [6.45, 7) is 9.81. The normalized spacial score (nSPS) is 11.1. The zero-order chi connectivity index (χ0) is 16.2. The number of hydrogen-bond donors (Lipinski definition) is 1. The highest BCUT2D eigenvalue weighted by Gasteiger charge is 2.21. The molecule has 4 nitrogen and oxygen atoms in total. The predicted molar refractivity (Wildman–Crippen MR) is 86.7 cm³/mol. The van der Waals surface area contributed by atoms with Crippen LogP contribution in [0.5, 0.6) is 0 Å². The third-order valence-electron chi connectivity index (χ3n) is 3.14. The highest BCUT2D eigenvalue weighted by molar-refractivity contribution is 6.31. The summed E-state index contributed by atoms with van der Waals surface area (Å²) in [7, 11) is 0. The van der Waals surface area contributed by atoms with Crippen LogP contribution in [0.4, 0.5) is 5.69 Å². The van der Waals surface area contributed by atoms with Crippen LogP contribution in [0.25, 0.3) is 0 Å². The van der Waals surface area contributed by atoms with E-state index < -0.39 is 5.41 Å². The third kappa shape index (κ3) is 5.05. The highest BCUT2D eigenvalue weighted by atomic mass is 35.5. The van der Waals surface area contributed by atoms with Crippen molar-refractivity contribution in [1.82, 2.24) is 5.32 Å². The summed E-state index contributed by atoms with van der Waals surface area (Å²) in [6.07, 6.45) is 0. The number of aryl methyl sites for hydroxylation is 1. The summed E-state index contributed by atoms with van der Waals surface area (Å²) in [5.74, 6) is -0.112. The van der Waals surface area contributed by atoms with Gasteiger partial charge >= 0.3 is 0 Å². The number of benzene rings is 1. The Morgan fingerprint density at radius 1 is 1.29 bits per heavy atom. The molecular formula is C16H23ClN2O2. The lowest BCUT2D eigenvalue weighted by Gasteiger charge is -2.25.